The first kappa shape index (κ1) is 27.0. The Balaban J connectivity index is 2.92. The third kappa shape index (κ3) is 8.57. The summed E-state index contributed by atoms with van der Waals surface area (Å²) in [5.41, 5.74) is 11.1. The molecule has 0 spiro atoms. The lowest BCUT2D eigenvalue weighted by molar-refractivity contribution is -0.144. The number of aliphatic carboxylic acids is 1. The maximum atomic E-state index is 13.1. The van der Waals surface area contributed by atoms with Crippen molar-refractivity contribution < 1.29 is 29.1 Å². The number of nitrogens with one attached hydrogen (secondary N) is 2. The first-order chi connectivity index (χ1) is 14.6. The van der Waals surface area contributed by atoms with Crippen LogP contribution in [0.3, 0.4) is 0 Å². The highest BCUT2D eigenvalue weighted by Gasteiger charge is 2.39. The molecule has 1 heterocycles. The number of hydrogen-bond donors (Lipinski definition) is 6. The molecule has 11 nitrogen and oxygen atoms in total. The lowest BCUT2D eigenvalue weighted by Gasteiger charge is -2.29. The molecule has 0 saturated carbocycles. The average Bonchev–Trinajstić information content (AvgIpc) is 3.21. The fourth-order valence-corrected chi connectivity index (χ4v) is 3.89. The summed E-state index contributed by atoms with van der Waals surface area (Å²) in [6.45, 7) is 0.261. The molecule has 1 aliphatic heterocycles. The van der Waals surface area contributed by atoms with E-state index in [-0.39, 0.29) is 25.1 Å². The zero-order valence-electron chi connectivity index (χ0n) is 17.4. The second-order valence-electron chi connectivity index (χ2n) is 7.23. The van der Waals surface area contributed by atoms with Crippen LogP contribution in [0.1, 0.15) is 32.1 Å². The minimum absolute atomic E-state index is 0.0333. The molecule has 4 atom stereocenters. The molecule has 176 valence electrons. The van der Waals surface area contributed by atoms with Crippen LogP contribution in [-0.2, 0) is 24.0 Å². The first-order valence-corrected chi connectivity index (χ1v) is 11.9. The second-order valence-corrected chi connectivity index (χ2v) is 8.58. The quantitative estimate of drug-likeness (QED) is 0.170. The molecule has 4 unspecified atom stereocenters. The van der Waals surface area contributed by atoms with Crippen LogP contribution in [0.15, 0.2) is 0 Å². The number of nitrogens with zero attached hydrogens (tertiary/aromatic N) is 1. The molecule has 7 N–H and O–H groups in total. The molecule has 0 radical (unpaired) electrons. The summed E-state index contributed by atoms with van der Waals surface area (Å²) in [4.78, 5) is 61.8. The van der Waals surface area contributed by atoms with Gasteiger partial charge >= 0.3 is 5.97 Å². The number of thioether (sulfide) groups is 1. The number of nitrogens with two attached hydrogens (primary N) is 2. The Morgan fingerprint density at radius 3 is 2.42 bits per heavy atom. The van der Waals surface area contributed by atoms with Crippen molar-refractivity contribution in [2.45, 2.75) is 56.3 Å². The minimum atomic E-state index is -1.23. The van der Waals surface area contributed by atoms with E-state index in [1.165, 1.54) is 16.7 Å². The normalized spacial score (nSPS) is 18.7. The maximum Gasteiger partial charge on any atom is 0.327 e. The van der Waals surface area contributed by atoms with Crippen molar-refractivity contribution in [2.24, 2.45) is 11.5 Å². The van der Waals surface area contributed by atoms with E-state index < -0.39 is 53.8 Å². The van der Waals surface area contributed by atoms with E-state index in [1.54, 1.807) is 0 Å². The Labute approximate surface area is 190 Å². The summed E-state index contributed by atoms with van der Waals surface area (Å²) in [6, 6.07) is -3.96. The molecule has 0 aromatic carbocycles. The zero-order valence-corrected chi connectivity index (χ0v) is 19.1. The number of carboxylic acids is 1. The number of thiol groups is 1. The van der Waals surface area contributed by atoms with Crippen LogP contribution < -0.4 is 22.1 Å². The van der Waals surface area contributed by atoms with Gasteiger partial charge in [-0.25, -0.2) is 4.79 Å². The van der Waals surface area contributed by atoms with Gasteiger partial charge in [-0.3, -0.25) is 19.2 Å². The number of amides is 4. The molecule has 31 heavy (non-hydrogen) atoms. The van der Waals surface area contributed by atoms with E-state index >= 15 is 0 Å². The van der Waals surface area contributed by atoms with Crippen molar-refractivity contribution in [3.8, 4) is 0 Å². The lowest BCUT2D eigenvalue weighted by Crippen LogP contribution is -2.57. The Bertz CT molecular complexity index is 680. The number of likely N-dealkylation sites (tertiary alicyclic amines) is 1. The fourth-order valence-electron chi connectivity index (χ4n) is 3.16. The van der Waals surface area contributed by atoms with E-state index in [2.05, 4.69) is 23.3 Å². The Morgan fingerprint density at radius 1 is 1.19 bits per heavy atom. The van der Waals surface area contributed by atoms with E-state index in [1.807, 2.05) is 6.26 Å². The number of primary amides is 1. The molecule has 0 aliphatic carbocycles. The molecule has 0 aromatic heterocycles. The van der Waals surface area contributed by atoms with Gasteiger partial charge < -0.3 is 32.1 Å². The standard InChI is InChI=1S/C18H31N5O6S2/c1-31-8-6-10(19)15(25)21-11(4-5-14(20)24)17(27)23-7-2-3-13(23)16(26)22-12(9-30)18(28)29/h10-13,30H,2-9,19H2,1H3,(H2,20,24)(H,21,25)(H,22,26)(H,28,29). The van der Waals surface area contributed by atoms with Crippen LogP contribution in [0, 0.1) is 0 Å². The van der Waals surface area contributed by atoms with Crippen molar-refractivity contribution in [1.82, 2.24) is 15.5 Å². The van der Waals surface area contributed by atoms with Crippen molar-refractivity contribution >= 4 is 54.0 Å². The van der Waals surface area contributed by atoms with Crippen LogP contribution >= 0.6 is 24.4 Å². The van der Waals surface area contributed by atoms with Gasteiger partial charge in [0.05, 0.1) is 6.04 Å². The molecule has 1 saturated heterocycles. The van der Waals surface area contributed by atoms with Crippen molar-refractivity contribution in [3.63, 3.8) is 0 Å². The number of hydrogen-bond acceptors (Lipinski definition) is 8. The van der Waals surface area contributed by atoms with E-state index in [0.717, 1.165) is 0 Å². The minimum Gasteiger partial charge on any atom is -0.480 e. The van der Waals surface area contributed by atoms with Crippen molar-refractivity contribution in [1.29, 1.82) is 0 Å². The maximum absolute atomic E-state index is 13.1. The highest BCUT2D eigenvalue weighted by atomic mass is 32.2. The van der Waals surface area contributed by atoms with Gasteiger partial charge in [0.1, 0.15) is 18.1 Å². The van der Waals surface area contributed by atoms with E-state index in [0.29, 0.717) is 25.0 Å². The van der Waals surface area contributed by atoms with Crippen LogP contribution in [0.4, 0.5) is 0 Å². The van der Waals surface area contributed by atoms with Crippen LogP contribution in [0.5, 0.6) is 0 Å². The number of rotatable bonds is 13. The highest BCUT2D eigenvalue weighted by molar-refractivity contribution is 7.98. The van der Waals surface area contributed by atoms with Gasteiger partial charge in [-0.15, -0.1) is 0 Å². The Hall–Kier alpha value is -1.99. The summed E-state index contributed by atoms with van der Waals surface area (Å²) in [7, 11) is 0. The predicted molar refractivity (Wildman–Crippen MR) is 119 cm³/mol. The van der Waals surface area contributed by atoms with Gasteiger partial charge in [-0.2, -0.15) is 24.4 Å². The third-order valence-corrected chi connectivity index (χ3v) is 5.91. The number of carboxylic acid groups (broad SMARTS) is 1. The molecular weight excluding hydrogens is 446 g/mol. The summed E-state index contributed by atoms with van der Waals surface area (Å²) in [6.07, 6.45) is 3.01. The lowest BCUT2D eigenvalue weighted by atomic mass is 10.1. The predicted octanol–water partition coefficient (Wildman–Crippen LogP) is -1.69. The van der Waals surface area contributed by atoms with Gasteiger partial charge in [0.2, 0.25) is 23.6 Å². The molecule has 13 heteroatoms. The Morgan fingerprint density at radius 2 is 1.87 bits per heavy atom. The zero-order chi connectivity index (χ0) is 23.6. The summed E-state index contributed by atoms with van der Waals surface area (Å²) in [5, 5.41) is 14.1. The summed E-state index contributed by atoms with van der Waals surface area (Å²) >= 11 is 5.45. The van der Waals surface area contributed by atoms with Crippen LogP contribution in [0.2, 0.25) is 0 Å². The van der Waals surface area contributed by atoms with Gasteiger partial charge in [-0.05, 0) is 37.7 Å². The van der Waals surface area contributed by atoms with Crippen LogP contribution in [0.25, 0.3) is 0 Å². The van der Waals surface area contributed by atoms with Gasteiger partial charge in [-0.1, -0.05) is 0 Å². The van der Waals surface area contributed by atoms with Crippen molar-refractivity contribution in [3.05, 3.63) is 0 Å². The second kappa shape index (κ2) is 13.4. The number of carbonyl (C=O) groups is 5. The smallest absolute Gasteiger partial charge is 0.327 e. The Kier molecular flexibility index (Phi) is 11.7. The van der Waals surface area contributed by atoms with Gasteiger partial charge in [0, 0.05) is 18.7 Å². The van der Waals surface area contributed by atoms with Gasteiger partial charge in [0.25, 0.3) is 0 Å². The largest absolute Gasteiger partial charge is 0.480 e. The number of carbonyl (C=O) groups excluding carboxylic acids is 4. The van der Waals surface area contributed by atoms with Crippen molar-refractivity contribution in [2.75, 3.05) is 24.3 Å². The SMILES string of the molecule is CSCCC(N)C(=O)NC(CCC(N)=O)C(=O)N1CCCC1C(=O)NC(CS)C(=O)O. The molecular formula is C18H31N5O6S2. The van der Waals surface area contributed by atoms with E-state index in [4.69, 9.17) is 16.6 Å². The van der Waals surface area contributed by atoms with Crippen LogP contribution in [-0.4, -0.2) is 88.1 Å². The highest BCUT2D eigenvalue weighted by Crippen LogP contribution is 2.20. The van der Waals surface area contributed by atoms with E-state index in [9.17, 15) is 24.0 Å². The molecule has 0 bridgehead atoms. The monoisotopic (exact) mass is 477 g/mol. The average molecular weight is 478 g/mol. The first-order valence-electron chi connectivity index (χ1n) is 9.90. The summed E-state index contributed by atoms with van der Waals surface area (Å²) in [5.74, 6) is -2.98. The molecule has 1 fully saturated rings. The molecule has 4 amide bonds. The van der Waals surface area contributed by atoms with Gasteiger partial charge in [0.15, 0.2) is 0 Å². The fraction of sp³-hybridized carbons (Fsp3) is 0.722. The molecule has 1 aliphatic rings. The molecule has 1 rings (SSSR count). The third-order valence-electron chi connectivity index (χ3n) is 4.90. The summed E-state index contributed by atoms with van der Waals surface area (Å²) < 4.78 is 0. The molecule has 0 aromatic rings. The topological polar surface area (TPSA) is 185 Å².